The third-order valence-electron chi connectivity index (χ3n) is 4.27. The van der Waals surface area contributed by atoms with Crippen LogP contribution >= 0.6 is 15.9 Å². The third-order valence-corrected chi connectivity index (χ3v) is 5.95. The van der Waals surface area contributed by atoms with E-state index in [0.717, 1.165) is 20.6 Å². The zero-order valence-corrected chi connectivity index (χ0v) is 19.0. The van der Waals surface area contributed by atoms with Crippen LogP contribution in [0, 0.1) is 5.82 Å². The molecular weight excluding hydrogens is 491 g/mol. The molecule has 0 saturated heterocycles. The summed E-state index contributed by atoms with van der Waals surface area (Å²) in [6.45, 7) is 0.0176. The summed E-state index contributed by atoms with van der Waals surface area (Å²) in [5.41, 5.74) is 0.723. The van der Waals surface area contributed by atoms with Crippen molar-refractivity contribution >= 4 is 37.5 Å². The molecule has 3 aromatic rings. The van der Waals surface area contributed by atoms with Crippen molar-refractivity contribution in [3.8, 4) is 11.4 Å². The largest absolute Gasteiger partial charge is 0.347 e. The highest BCUT2D eigenvalue weighted by Gasteiger charge is 2.20. The van der Waals surface area contributed by atoms with Gasteiger partial charge in [0.25, 0.3) is 0 Å². The fraction of sp³-hybridized carbons (Fsp3) is 0.250. The van der Waals surface area contributed by atoms with E-state index in [0.29, 0.717) is 5.82 Å². The van der Waals surface area contributed by atoms with Crippen molar-refractivity contribution in [3.05, 3.63) is 64.7 Å². The first-order valence-electron chi connectivity index (χ1n) is 9.31. The van der Waals surface area contributed by atoms with E-state index in [1.54, 1.807) is 6.07 Å². The highest BCUT2D eigenvalue weighted by atomic mass is 79.9. The molecule has 0 aliphatic rings. The van der Waals surface area contributed by atoms with E-state index in [1.165, 1.54) is 18.2 Å². The Labute approximate surface area is 187 Å². The minimum Gasteiger partial charge on any atom is -0.347 e. The zero-order chi connectivity index (χ0) is 22.4. The van der Waals surface area contributed by atoms with Gasteiger partial charge in [-0.3, -0.25) is 9.10 Å². The molecule has 2 aromatic carbocycles. The molecule has 11 heteroatoms. The van der Waals surface area contributed by atoms with Gasteiger partial charge in [-0.1, -0.05) is 45.4 Å². The molecule has 1 heterocycles. The Morgan fingerprint density at radius 2 is 2.00 bits per heavy atom. The number of para-hydroxylation sites is 1. The highest BCUT2D eigenvalue weighted by molar-refractivity contribution is 9.10. The number of nitrogens with one attached hydrogen (secondary N) is 1. The molecule has 0 radical (unpaired) electrons. The number of halogens is 2. The molecule has 8 nitrogen and oxygen atoms in total. The van der Waals surface area contributed by atoms with E-state index >= 15 is 0 Å². The van der Waals surface area contributed by atoms with Crippen LogP contribution < -0.4 is 9.62 Å². The van der Waals surface area contributed by atoms with Gasteiger partial charge in [-0.05, 0) is 30.7 Å². The minimum absolute atomic E-state index is 0.0270. The standard InChI is InChI=1S/C20H20BrFN4O4S/c1-31(28,29)26(17-9-3-2-8-16(17)22)11-5-10-18(27)23-13-19-24-20(25-30-19)14-6-4-7-15(21)12-14/h2-4,6-9,12H,5,10-11,13H2,1H3,(H,23,27). The predicted molar refractivity (Wildman–Crippen MR) is 117 cm³/mol. The maximum atomic E-state index is 14.0. The first-order valence-corrected chi connectivity index (χ1v) is 12.0. The Balaban J connectivity index is 1.52. The quantitative estimate of drug-likeness (QED) is 0.472. The Morgan fingerprint density at radius 3 is 2.71 bits per heavy atom. The van der Waals surface area contributed by atoms with Crippen molar-refractivity contribution in [1.82, 2.24) is 15.5 Å². The lowest BCUT2D eigenvalue weighted by Gasteiger charge is -2.22. The van der Waals surface area contributed by atoms with Gasteiger partial charge in [-0.2, -0.15) is 4.98 Å². The summed E-state index contributed by atoms with van der Waals surface area (Å²) < 4.78 is 45.1. The average molecular weight is 511 g/mol. The summed E-state index contributed by atoms with van der Waals surface area (Å²) in [7, 11) is -3.70. The molecule has 164 valence electrons. The number of benzene rings is 2. The summed E-state index contributed by atoms with van der Waals surface area (Å²) in [6, 6.07) is 13.0. The van der Waals surface area contributed by atoms with Crippen molar-refractivity contribution in [2.75, 3.05) is 17.1 Å². The van der Waals surface area contributed by atoms with Crippen LogP contribution in [0.2, 0.25) is 0 Å². The Kier molecular flexibility index (Phi) is 7.39. The second-order valence-corrected chi connectivity index (χ2v) is 9.51. The van der Waals surface area contributed by atoms with Crippen LogP contribution in [0.4, 0.5) is 10.1 Å². The number of nitrogens with zero attached hydrogens (tertiary/aromatic N) is 3. The second-order valence-electron chi connectivity index (χ2n) is 6.69. The van der Waals surface area contributed by atoms with Crippen molar-refractivity contribution in [2.24, 2.45) is 0 Å². The molecule has 0 saturated carbocycles. The molecule has 1 aromatic heterocycles. The maximum absolute atomic E-state index is 14.0. The summed E-state index contributed by atoms with van der Waals surface area (Å²) in [5.74, 6) is -0.314. The summed E-state index contributed by atoms with van der Waals surface area (Å²) in [4.78, 5) is 16.4. The van der Waals surface area contributed by atoms with Crippen LogP contribution in [-0.2, 0) is 21.4 Å². The van der Waals surface area contributed by atoms with Gasteiger partial charge in [-0.25, -0.2) is 12.8 Å². The van der Waals surface area contributed by atoms with Gasteiger partial charge in [0.15, 0.2) is 0 Å². The number of carbonyl (C=O) groups is 1. The van der Waals surface area contributed by atoms with Gasteiger partial charge in [0.2, 0.25) is 27.6 Å². The Bertz CT molecular complexity index is 1170. The maximum Gasteiger partial charge on any atom is 0.246 e. The smallest absolute Gasteiger partial charge is 0.246 e. The second kappa shape index (κ2) is 10.0. The molecule has 1 amide bonds. The molecule has 0 aliphatic carbocycles. The van der Waals surface area contributed by atoms with E-state index in [9.17, 15) is 17.6 Å². The number of aromatic nitrogens is 2. The molecular formula is C20H20BrFN4O4S. The van der Waals surface area contributed by atoms with Crippen LogP contribution in [0.5, 0.6) is 0 Å². The SMILES string of the molecule is CS(=O)(=O)N(CCCC(=O)NCc1nc(-c2cccc(Br)c2)no1)c1ccccc1F. The first kappa shape index (κ1) is 22.9. The van der Waals surface area contributed by atoms with E-state index in [1.807, 2.05) is 24.3 Å². The molecule has 0 fully saturated rings. The first-order chi connectivity index (χ1) is 14.7. The molecule has 0 spiro atoms. The van der Waals surface area contributed by atoms with Gasteiger partial charge in [0.05, 0.1) is 18.5 Å². The number of amides is 1. The lowest BCUT2D eigenvalue weighted by atomic mass is 10.2. The van der Waals surface area contributed by atoms with E-state index in [2.05, 4.69) is 31.4 Å². The number of anilines is 1. The van der Waals surface area contributed by atoms with Gasteiger partial charge >= 0.3 is 0 Å². The molecule has 0 unspecified atom stereocenters. The van der Waals surface area contributed by atoms with Crippen LogP contribution in [0.3, 0.4) is 0 Å². The number of carbonyl (C=O) groups excluding carboxylic acids is 1. The van der Waals surface area contributed by atoms with E-state index in [-0.39, 0.29) is 43.4 Å². The fourth-order valence-electron chi connectivity index (χ4n) is 2.84. The fourth-order valence-corrected chi connectivity index (χ4v) is 4.20. The summed E-state index contributed by atoms with van der Waals surface area (Å²) in [5, 5.41) is 6.54. The van der Waals surface area contributed by atoms with Crippen molar-refractivity contribution < 1.29 is 22.1 Å². The number of sulfonamides is 1. The van der Waals surface area contributed by atoms with E-state index < -0.39 is 15.8 Å². The third kappa shape index (κ3) is 6.34. The number of hydrogen-bond acceptors (Lipinski definition) is 6. The normalized spacial score (nSPS) is 11.3. The average Bonchev–Trinajstić information content (AvgIpc) is 3.19. The minimum atomic E-state index is -3.70. The lowest BCUT2D eigenvalue weighted by Crippen LogP contribution is -2.32. The van der Waals surface area contributed by atoms with Gasteiger partial charge in [0.1, 0.15) is 5.82 Å². The van der Waals surface area contributed by atoms with Crippen LogP contribution in [-0.4, -0.2) is 37.3 Å². The van der Waals surface area contributed by atoms with Crippen LogP contribution in [0.1, 0.15) is 18.7 Å². The lowest BCUT2D eigenvalue weighted by molar-refractivity contribution is -0.121. The topological polar surface area (TPSA) is 105 Å². The Hall–Kier alpha value is -2.79. The molecule has 31 heavy (non-hydrogen) atoms. The summed E-state index contributed by atoms with van der Waals surface area (Å²) >= 11 is 3.38. The van der Waals surface area contributed by atoms with Gasteiger partial charge in [0, 0.05) is 23.0 Å². The van der Waals surface area contributed by atoms with Crippen molar-refractivity contribution in [3.63, 3.8) is 0 Å². The van der Waals surface area contributed by atoms with Crippen LogP contribution in [0.15, 0.2) is 57.5 Å². The van der Waals surface area contributed by atoms with Gasteiger partial charge < -0.3 is 9.84 Å². The molecule has 3 rings (SSSR count). The Morgan fingerprint density at radius 1 is 1.23 bits per heavy atom. The van der Waals surface area contributed by atoms with Crippen molar-refractivity contribution in [2.45, 2.75) is 19.4 Å². The zero-order valence-electron chi connectivity index (χ0n) is 16.6. The molecule has 0 aliphatic heterocycles. The molecule has 0 bridgehead atoms. The van der Waals surface area contributed by atoms with Crippen LogP contribution in [0.25, 0.3) is 11.4 Å². The number of rotatable bonds is 9. The molecule has 0 atom stereocenters. The number of hydrogen-bond donors (Lipinski definition) is 1. The highest BCUT2D eigenvalue weighted by Crippen LogP contribution is 2.22. The van der Waals surface area contributed by atoms with E-state index in [4.69, 9.17) is 4.52 Å². The predicted octanol–water partition coefficient (Wildman–Crippen LogP) is 3.50. The monoisotopic (exact) mass is 510 g/mol. The van der Waals surface area contributed by atoms with Gasteiger partial charge in [-0.15, -0.1) is 0 Å². The molecule has 1 N–H and O–H groups in total. The summed E-state index contributed by atoms with van der Waals surface area (Å²) in [6.07, 6.45) is 1.26. The van der Waals surface area contributed by atoms with Crippen molar-refractivity contribution in [1.29, 1.82) is 0 Å².